The Morgan fingerprint density at radius 2 is 1.96 bits per heavy atom. The minimum atomic E-state index is -1.07. The van der Waals surface area contributed by atoms with Gasteiger partial charge in [-0.25, -0.2) is 13.8 Å². The summed E-state index contributed by atoms with van der Waals surface area (Å²) >= 11 is 0. The zero-order valence-corrected chi connectivity index (χ0v) is 12.1. The topological polar surface area (TPSA) is 59.8 Å². The molecule has 3 rings (SSSR count). The Morgan fingerprint density at radius 1 is 1.13 bits per heavy atom. The van der Waals surface area contributed by atoms with Crippen LogP contribution in [0.4, 0.5) is 14.5 Å². The summed E-state index contributed by atoms with van der Waals surface area (Å²) in [5.41, 5.74) is 1.27. The van der Waals surface area contributed by atoms with Gasteiger partial charge in [0.2, 0.25) is 0 Å². The van der Waals surface area contributed by atoms with Crippen LogP contribution in [-0.4, -0.2) is 20.7 Å². The molecule has 0 aliphatic carbocycles. The minimum Gasteiger partial charge on any atom is -0.322 e. The first-order chi connectivity index (χ1) is 11.0. The number of hydrogen-bond donors (Lipinski definition) is 1. The van der Waals surface area contributed by atoms with Crippen molar-refractivity contribution in [2.75, 3.05) is 5.32 Å². The van der Waals surface area contributed by atoms with Gasteiger partial charge in [-0.3, -0.25) is 9.48 Å². The van der Waals surface area contributed by atoms with Crippen molar-refractivity contribution in [3.8, 4) is 11.4 Å². The molecule has 0 bridgehead atoms. The van der Waals surface area contributed by atoms with E-state index in [0.717, 1.165) is 17.7 Å². The summed E-state index contributed by atoms with van der Waals surface area (Å²) in [6.07, 6.45) is 1.57. The van der Waals surface area contributed by atoms with E-state index in [0.29, 0.717) is 11.5 Å². The van der Waals surface area contributed by atoms with Crippen molar-refractivity contribution in [3.63, 3.8) is 0 Å². The number of aromatic nitrogens is 3. The molecule has 0 saturated carbocycles. The number of amides is 1. The van der Waals surface area contributed by atoms with E-state index in [-0.39, 0.29) is 5.56 Å². The van der Waals surface area contributed by atoms with Gasteiger partial charge in [-0.05, 0) is 30.3 Å². The van der Waals surface area contributed by atoms with E-state index in [1.807, 2.05) is 6.07 Å². The van der Waals surface area contributed by atoms with E-state index in [1.165, 1.54) is 6.07 Å². The predicted octanol–water partition coefficient (Wildman–Crippen LogP) is 3.01. The molecule has 0 radical (unpaired) electrons. The zero-order chi connectivity index (χ0) is 16.4. The maximum atomic E-state index is 13.2. The van der Waals surface area contributed by atoms with Gasteiger partial charge in [0, 0.05) is 23.9 Å². The van der Waals surface area contributed by atoms with Gasteiger partial charge in [0.25, 0.3) is 5.91 Å². The molecule has 0 spiro atoms. The van der Waals surface area contributed by atoms with Crippen LogP contribution in [0.5, 0.6) is 0 Å². The normalized spacial score (nSPS) is 10.6. The molecule has 5 nitrogen and oxygen atoms in total. The van der Waals surface area contributed by atoms with Crippen LogP contribution in [0.3, 0.4) is 0 Å². The number of carbonyl (C=O) groups excluding carboxylic acids is 1. The molecule has 1 amide bonds. The first-order valence-electron chi connectivity index (χ1n) is 6.75. The Morgan fingerprint density at radius 3 is 2.65 bits per heavy atom. The highest BCUT2D eigenvalue weighted by atomic mass is 19.2. The van der Waals surface area contributed by atoms with Crippen LogP contribution in [0.25, 0.3) is 11.4 Å². The van der Waals surface area contributed by atoms with E-state index in [2.05, 4.69) is 15.4 Å². The summed E-state index contributed by atoms with van der Waals surface area (Å²) < 4.78 is 27.7. The van der Waals surface area contributed by atoms with Gasteiger partial charge < -0.3 is 5.32 Å². The molecule has 23 heavy (non-hydrogen) atoms. The van der Waals surface area contributed by atoms with Crippen LogP contribution in [0, 0.1) is 11.6 Å². The largest absolute Gasteiger partial charge is 0.322 e. The molecule has 1 heterocycles. The fourth-order valence-electron chi connectivity index (χ4n) is 2.05. The Kier molecular flexibility index (Phi) is 3.84. The lowest BCUT2D eigenvalue weighted by Crippen LogP contribution is -2.12. The summed E-state index contributed by atoms with van der Waals surface area (Å²) in [4.78, 5) is 16.2. The molecule has 0 aliphatic rings. The highest BCUT2D eigenvalue weighted by molar-refractivity contribution is 6.04. The molecule has 1 N–H and O–H groups in total. The summed E-state index contributed by atoms with van der Waals surface area (Å²) in [6.45, 7) is 0. The van der Waals surface area contributed by atoms with Gasteiger partial charge in [0.1, 0.15) is 6.33 Å². The van der Waals surface area contributed by atoms with Gasteiger partial charge in [-0.15, -0.1) is 0 Å². The van der Waals surface area contributed by atoms with Crippen LogP contribution < -0.4 is 5.32 Å². The predicted molar refractivity (Wildman–Crippen MR) is 80.8 cm³/mol. The zero-order valence-electron chi connectivity index (χ0n) is 12.1. The number of nitrogens with one attached hydrogen (secondary N) is 1. The van der Waals surface area contributed by atoms with Gasteiger partial charge >= 0.3 is 0 Å². The van der Waals surface area contributed by atoms with E-state index in [1.54, 1.807) is 36.3 Å². The second-order valence-electron chi connectivity index (χ2n) is 4.91. The fourth-order valence-corrected chi connectivity index (χ4v) is 2.05. The highest BCUT2D eigenvalue weighted by Crippen LogP contribution is 2.20. The van der Waals surface area contributed by atoms with Crippen molar-refractivity contribution in [2.45, 2.75) is 0 Å². The first kappa shape index (κ1) is 14.8. The number of rotatable bonds is 3. The highest BCUT2D eigenvalue weighted by Gasteiger charge is 2.11. The van der Waals surface area contributed by atoms with E-state index in [4.69, 9.17) is 0 Å². The van der Waals surface area contributed by atoms with Crippen molar-refractivity contribution >= 4 is 11.6 Å². The number of anilines is 1. The second kappa shape index (κ2) is 5.96. The molecule has 0 atom stereocenters. The van der Waals surface area contributed by atoms with E-state index >= 15 is 0 Å². The lowest BCUT2D eigenvalue weighted by Gasteiger charge is -2.06. The number of carbonyl (C=O) groups is 1. The molecular weight excluding hydrogens is 302 g/mol. The van der Waals surface area contributed by atoms with E-state index in [9.17, 15) is 13.6 Å². The van der Waals surface area contributed by atoms with Gasteiger partial charge in [-0.2, -0.15) is 5.10 Å². The van der Waals surface area contributed by atoms with Crippen LogP contribution in [0.1, 0.15) is 10.4 Å². The monoisotopic (exact) mass is 314 g/mol. The number of hydrogen-bond acceptors (Lipinski definition) is 3. The molecule has 0 aliphatic heterocycles. The molecular formula is C16H12F2N4O. The summed E-state index contributed by atoms with van der Waals surface area (Å²) in [5.74, 6) is -2.07. The second-order valence-corrected chi connectivity index (χ2v) is 4.91. The summed E-state index contributed by atoms with van der Waals surface area (Å²) in [5, 5.41) is 6.81. The van der Waals surface area contributed by atoms with Crippen molar-refractivity contribution in [1.82, 2.24) is 14.8 Å². The molecule has 0 saturated heterocycles. The Hall–Kier alpha value is -3.09. The van der Waals surface area contributed by atoms with Crippen LogP contribution in [-0.2, 0) is 7.05 Å². The summed E-state index contributed by atoms with van der Waals surface area (Å²) in [7, 11) is 1.76. The Labute approximate surface area is 130 Å². The van der Waals surface area contributed by atoms with Gasteiger partial charge in [-0.1, -0.05) is 12.1 Å². The average molecular weight is 314 g/mol. The lowest BCUT2D eigenvalue weighted by molar-refractivity contribution is 0.102. The third kappa shape index (κ3) is 3.23. The van der Waals surface area contributed by atoms with Gasteiger partial charge in [0.15, 0.2) is 17.5 Å². The van der Waals surface area contributed by atoms with Crippen LogP contribution in [0.2, 0.25) is 0 Å². The molecule has 0 fully saturated rings. The molecule has 1 aromatic heterocycles. The molecule has 2 aromatic carbocycles. The maximum Gasteiger partial charge on any atom is 0.255 e. The Balaban J connectivity index is 1.82. The van der Waals surface area contributed by atoms with Crippen LogP contribution in [0.15, 0.2) is 48.8 Å². The van der Waals surface area contributed by atoms with Crippen molar-refractivity contribution in [3.05, 3.63) is 66.0 Å². The standard InChI is InChI=1S/C16H12F2N4O/c1-22-9-19-15(21-22)10-3-2-4-12(7-10)20-16(23)11-5-6-13(17)14(18)8-11/h2-9H,1H3,(H,20,23). The van der Waals surface area contributed by atoms with E-state index < -0.39 is 17.5 Å². The first-order valence-corrected chi connectivity index (χ1v) is 6.75. The minimum absolute atomic E-state index is 0.0327. The smallest absolute Gasteiger partial charge is 0.255 e. The molecule has 116 valence electrons. The molecule has 3 aromatic rings. The SMILES string of the molecule is Cn1cnc(-c2cccc(NC(=O)c3ccc(F)c(F)c3)c2)n1. The maximum absolute atomic E-state index is 13.2. The molecule has 7 heteroatoms. The van der Waals surface area contributed by atoms with Crippen molar-refractivity contribution in [2.24, 2.45) is 7.05 Å². The average Bonchev–Trinajstić information content (AvgIpc) is 2.97. The lowest BCUT2D eigenvalue weighted by atomic mass is 10.1. The quantitative estimate of drug-likeness (QED) is 0.808. The number of aryl methyl sites for hydroxylation is 1. The number of nitrogens with zero attached hydrogens (tertiary/aromatic N) is 3. The fraction of sp³-hybridized carbons (Fsp3) is 0.0625. The number of halogens is 2. The molecule has 0 unspecified atom stereocenters. The van der Waals surface area contributed by atoms with Crippen molar-refractivity contribution < 1.29 is 13.6 Å². The third-order valence-corrected chi connectivity index (χ3v) is 3.16. The third-order valence-electron chi connectivity index (χ3n) is 3.16. The number of benzene rings is 2. The van der Waals surface area contributed by atoms with Gasteiger partial charge in [0.05, 0.1) is 0 Å². The summed E-state index contributed by atoms with van der Waals surface area (Å²) in [6, 6.07) is 9.93. The van der Waals surface area contributed by atoms with Crippen molar-refractivity contribution in [1.29, 1.82) is 0 Å². The Bertz CT molecular complexity index is 876. The van der Waals surface area contributed by atoms with Crippen LogP contribution >= 0.6 is 0 Å².